The van der Waals surface area contributed by atoms with Gasteiger partial charge in [0.05, 0.1) is 11.2 Å². The van der Waals surface area contributed by atoms with Gasteiger partial charge in [0.2, 0.25) is 0 Å². The first-order valence-corrected chi connectivity index (χ1v) is 11.9. The molecule has 4 rings (SSSR count). The maximum Gasteiger partial charge on any atom is 0.306 e. The molecule has 4 heteroatoms. The van der Waals surface area contributed by atoms with Crippen LogP contribution in [-0.4, -0.2) is 16.6 Å². The van der Waals surface area contributed by atoms with Crippen LogP contribution in [0.1, 0.15) is 76.5 Å². The Morgan fingerprint density at radius 1 is 1.09 bits per heavy atom. The summed E-state index contributed by atoms with van der Waals surface area (Å²) in [6.07, 6.45) is 9.71. The Hall–Kier alpha value is -3.01. The van der Waals surface area contributed by atoms with Gasteiger partial charge in [-0.2, -0.15) is 0 Å². The van der Waals surface area contributed by atoms with Crippen LogP contribution in [0.25, 0.3) is 28.1 Å². The van der Waals surface area contributed by atoms with E-state index in [1.165, 1.54) is 12.1 Å². The summed E-state index contributed by atoms with van der Waals surface area (Å²) in [6.45, 7) is 5.67. The van der Waals surface area contributed by atoms with Crippen molar-refractivity contribution >= 4 is 22.9 Å². The lowest BCUT2D eigenvalue weighted by Gasteiger charge is -2.19. The maximum absolute atomic E-state index is 13.6. The van der Waals surface area contributed by atoms with Gasteiger partial charge in [-0.1, -0.05) is 42.5 Å². The standard InChI is InChI=1S/C29H32FNO2/c1-29(2,3)33-26(32)13-7-5-4-6-11-24-27(20-16-18-22(30)19-17-20)23-10-8-9-12-25(23)31-28(24)21-14-15-21/h6,8-12,16-19,21H,4-5,7,13-15H2,1-3H3. The second-order valence-electron chi connectivity index (χ2n) is 9.82. The molecule has 0 atom stereocenters. The summed E-state index contributed by atoms with van der Waals surface area (Å²) >= 11 is 0. The molecule has 0 unspecified atom stereocenters. The molecular formula is C29H32FNO2. The fraction of sp³-hybridized carbons (Fsp3) is 0.379. The second-order valence-corrected chi connectivity index (χ2v) is 9.82. The maximum atomic E-state index is 13.6. The molecule has 0 aliphatic heterocycles. The van der Waals surface area contributed by atoms with E-state index in [9.17, 15) is 9.18 Å². The number of esters is 1. The first-order chi connectivity index (χ1) is 15.8. The molecule has 0 saturated heterocycles. The fourth-order valence-corrected chi connectivity index (χ4v) is 4.14. The quantitative estimate of drug-likeness (QED) is 0.262. The van der Waals surface area contributed by atoms with E-state index in [2.05, 4.69) is 24.3 Å². The number of fused-ring (bicyclic) bond motifs is 1. The van der Waals surface area contributed by atoms with Crippen molar-refractivity contribution in [3.8, 4) is 11.1 Å². The lowest BCUT2D eigenvalue weighted by molar-refractivity contribution is -0.154. The van der Waals surface area contributed by atoms with Crippen molar-refractivity contribution in [2.24, 2.45) is 0 Å². The number of pyridine rings is 1. The minimum absolute atomic E-state index is 0.139. The number of carbonyl (C=O) groups is 1. The van der Waals surface area contributed by atoms with Gasteiger partial charge in [-0.05, 0) is 76.6 Å². The number of ether oxygens (including phenoxy) is 1. The number of hydrogen-bond acceptors (Lipinski definition) is 3. The molecule has 1 heterocycles. The summed E-state index contributed by atoms with van der Waals surface area (Å²) in [5.41, 5.74) is 4.94. The van der Waals surface area contributed by atoms with Crippen molar-refractivity contribution in [1.29, 1.82) is 0 Å². The first-order valence-electron chi connectivity index (χ1n) is 11.9. The van der Waals surface area contributed by atoms with Crippen LogP contribution >= 0.6 is 0 Å². The zero-order valence-electron chi connectivity index (χ0n) is 19.7. The molecule has 172 valence electrons. The van der Waals surface area contributed by atoms with Crippen LogP contribution in [0, 0.1) is 5.82 Å². The van der Waals surface area contributed by atoms with E-state index in [0.29, 0.717) is 12.3 Å². The number of unbranched alkanes of at least 4 members (excludes halogenated alkanes) is 2. The normalized spacial score (nSPS) is 14.2. The van der Waals surface area contributed by atoms with Gasteiger partial charge < -0.3 is 4.74 Å². The highest BCUT2D eigenvalue weighted by molar-refractivity contribution is 5.99. The molecule has 1 saturated carbocycles. The van der Waals surface area contributed by atoms with Gasteiger partial charge in [0.1, 0.15) is 11.4 Å². The summed E-state index contributed by atoms with van der Waals surface area (Å²) in [6, 6.07) is 14.9. The Morgan fingerprint density at radius 2 is 1.82 bits per heavy atom. The Kier molecular flexibility index (Phi) is 6.92. The predicted octanol–water partition coefficient (Wildman–Crippen LogP) is 7.83. The van der Waals surface area contributed by atoms with Crippen molar-refractivity contribution < 1.29 is 13.9 Å². The average molecular weight is 446 g/mol. The molecule has 33 heavy (non-hydrogen) atoms. The smallest absolute Gasteiger partial charge is 0.306 e. The van der Waals surface area contributed by atoms with E-state index >= 15 is 0 Å². The van der Waals surface area contributed by atoms with Gasteiger partial charge in [0, 0.05) is 28.9 Å². The van der Waals surface area contributed by atoms with E-state index in [4.69, 9.17) is 9.72 Å². The van der Waals surface area contributed by atoms with E-state index in [1.807, 2.05) is 45.0 Å². The first kappa shape index (κ1) is 23.2. The van der Waals surface area contributed by atoms with Gasteiger partial charge in [0.15, 0.2) is 0 Å². The van der Waals surface area contributed by atoms with Gasteiger partial charge in [-0.15, -0.1) is 0 Å². The third-order valence-corrected chi connectivity index (χ3v) is 5.76. The van der Waals surface area contributed by atoms with E-state index in [1.54, 1.807) is 0 Å². The van der Waals surface area contributed by atoms with Crippen molar-refractivity contribution in [3.63, 3.8) is 0 Å². The van der Waals surface area contributed by atoms with Gasteiger partial charge in [-0.3, -0.25) is 9.78 Å². The lowest BCUT2D eigenvalue weighted by atomic mass is 9.92. The number of hydrogen-bond donors (Lipinski definition) is 0. The molecular weight excluding hydrogens is 413 g/mol. The zero-order chi connectivity index (χ0) is 23.4. The number of rotatable bonds is 8. The van der Waals surface area contributed by atoms with Crippen molar-refractivity contribution in [2.75, 3.05) is 0 Å². The largest absolute Gasteiger partial charge is 0.460 e. The third-order valence-electron chi connectivity index (χ3n) is 5.76. The molecule has 1 aromatic heterocycles. The Labute approximate surface area is 195 Å². The molecule has 0 bridgehead atoms. The molecule has 1 aliphatic carbocycles. The number of nitrogens with zero attached hydrogens (tertiary/aromatic N) is 1. The van der Waals surface area contributed by atoms with Crippen LogP contribution < -0.4 is 0 Å². The Bertz CT molecular complexity index is 1150. The summed E-state index contributed by atoms with van der Waals surface area (Å²) in [5.74, 6) is 0.113. The minimum atomic E-state index is -0.434. The number of benzene rings is 2. The minimum Gasteiger partial charge on any atom is -0.460 e. The SMILES string of the molecule is CC(C)(C)OC(=O)CCCCC=Cc1c(C2CC2)nc2ccccc2c1-c1ccc(F)cc1. The molecule has 0 N–H and O–H groups in total. The highest BCUT2D eigenvalue weighted by Gasteiger charge is 2.29. The number of aromatic nitrogens is 1. The molecule has 1 fully saturated rings. The van der Waals surface area contributed by atoms with Crippen LogP contribution in [0.15, 0.2) is 54.6 Å². The molecule has 0 radical (unpaired) electrons. The number of allylic oxidation sites excluding steroid dienone is 1. The van der Waals surface area contributed by atoms with Crippen molar-refractivity contribution in [1.82, 2.24) is 4.98 Å². The van der Waals surface area contributed by atoms with E-state index < -0.39 is 5.60 Å². The fourth-order valence-electron chi connectivity index (χ4n) is 4.14. The predicted molar refractivity (Wildman–Crippen MR) is 132 cm³/mol. The lowest BCUT2D eigenvalue weighted by Crippen LogP contribution is -2.23. The van der Waals surface area contributed by atoms with E-state index in [0.717, 1.165) is 65.4 Å². The topological polar surface area (TPSA) is 39.2 Å². The molecule has 0 spiro atoms. The third kappa shape index (κ3) is 6.07. The Morgan fingerprint density at radius 3 is 2.52 bits per heavy atom. The molecule has 3 nitrogen and oxygen atoms in total. The number of carbonyl (C=O) groups excluding carboxylic acids is 1. The highest BCUT2D eigenvalue weighted by Crippen LogP contribution is 2.45. The second kappa shape index (κ2) is 9.86. The van der Waals surface area contributed by atoms with Crippen LogP contribution in [-0.2, 0) is 9.53 Å². The van der Waals surface area contributed by atoms with Crippen molar-refractivity contribution in [3.05, 3.63) is 71.7 Å². The van der Waals surface area contributed by atoms with Crippen molar-refractivity contribution in [2.45, 2.75) is 70.8 Å². The summed E-state index contributed by atoms with van der Waals surface area (Å²) in [7, 11) is 0. The molecule has 3 aromatic rings. The van der Waals surface area contributed by atoms with Gasteiger partial charge in [-0.25, -0.2) is 4.39 Å². The summed E-state index contributed by atoms with van der Waals surface area (Å²) in [4.78, 5) is 16.9. The number of halogens is 1. The van der Waals surface area contributed by atoms with Crippen LogP contribution in [0.3, 0.4) is 0 Å². The molecule has 2 aromatic carbocycles. The van der Waals surface area contributed by atoms with Crippen LogP contribution in [0.2, 0.25) is 0 Å². The van der Waals surface area contributed by atoms with E-state index in [-0.39, 0.29) is 11.8 Å². The van der Waals surface area contributed by atoms with Gasteiger partial charge >= 0.3 is 5.97 Å². The highest BCUT2D eigenvalue weighted by atomic mass is 19.1. The zero-order valence-corrected chi connectivity index (χ0v) is 19.7. The van der Waals surface area contributed by atoms with Crippen LogP contribution in [0.4, 0.5) is 4.39 Å². The summed E-state index contributed by atoms with van der Waals surface area (Å²) in [5, 5.41) is 1.08. The monoisotopic (exact) mass is 445 g/mol. The average Bonchev–Trinajstić information content (AvgIpc) is 3.60. The summed E-state index contributed by atoms with van der Waals surface area (Å²) < 4.78 is 19.0. The number of para-hydroxylation sites is 1. The molecule has 1 aliphatic rings. The molecule has 0 amide bonds. The Balaban J connectivity index is 1.57. The van der Waals surface area contributed by atoms with Crippen LogP contribution in [0.5, 0.6) is 0 Å². The van der Waals surface area contributed by atoms with Gasteiger partial charge in [0.25, 0.3) is 0 Å².